The molecule has 11 heteroatoms. The Bertz CT molecular complexity index is 1420. The van der Waals surface area contributed by atoms with Crippen LogP contribution in [0.3, 0.4) is 0 Å². The highest BCUT2D eigenvalue weighted by Gasteiger charge is 2.14. The van der Waals surface area contributed by atoms with Gasteiger partial charge in [-0.25, -0.2) is 4.40 Å². The summed E-state index contributed by atoms with van der Waals surface area (Å²) in [4.78, 5) is 25.6. The normalized spacial score (nSPS) is 11.9. The molecular weight excluding hydrogens is 502 g/mol. The number of hydrogen-bond donors (Lipinski definition) is 1. The molecule has 0 aliphatic rings. The van der Waals surface area contributed by atoms with Crippen LogP contribution in [-0.2, 0) is 11.2 Å². The number of fused-ring (bicyclic) bond motifs is 1. The zero-order valence-electron chi connectivity index (χ0n) is 15.5. The summed E-state index contributed by atoms with van der Waals surface area (Å²) in [6.07, 6.45) is 2.07. The largest absolute Gasteiger partial charge is 0.326 e. The Kier molecular flexibility index (Phi) is 6.50. The minimum atomic E-state index is -0.254. The van der Waals surface area contributed by atoms with Gasteiger partial charge in [-0.2, -0.15) is 0 Å². The summed E-state index contributed by atoms with van der Waals surface area (Å²) in [5.74, 6) is 0.162. The molecule has 0 saturated carbocycles. The lowest BCUT2D eigenvalue weighted by Crippen LogP contribution is -2.24. The van der Waals surface area contributed by atoms with Crippen molar-refractivity contribution >= 4 is 80.4 Å². The van der Waals surface area contributed by atoms with Gasteiger partial charge in [0.15, 0.2) is 0 Å². The van der Waals surface area contributed by atoms with E-state index in [4.69, 9.17) is 46.4 Å². The number of carbonyl (C=O) groups is 1. The fraction of sp³-hybridized carbons (Fsp3) is 0.100. The molecule has 4 aromatic rings. The highest BCUT2D eigenvalue weighted by molar-refractivity contribution is 7.15. The van der Waals surface area contributed by atoms with Gasteiger partial charge in [0.05, 0.1) is 24.6 Å². The van der Waals surface area contributed by atoms with Gasteiger partial charge in [0.2, 0.25) is 10.9 Å². The Labute approximate surface area is 200 Å². The van der Waals surface area contributed by atoms with Crippen molar-refractivity contribution < 1.29 is 4.79 Å². The van der Waals surface area contributed by atoms with Crippen LogP contribution in [0.4, 0.5) is 5.69 Å². The van der Waals surface area contributed by atoms with Crippen molar-refractivity contribution in [2.75, 3.05) is 5.32 Å². The fourth-order valence-electron chi connectivity index (χ4n) is 2.85. The third kappa shape index (κ3) is 4.86. The maximum Gasteiger partial charge on any atom is 0.275 e. The molecule has 0 bridgehead atoms. The van der Waals surface area contributed by atoms with Gasteiger partial charge >= 0.3 is 0 Å². The predicted octanol–water partition coefficient (Wildman–Crippen LogP) is 4.88. The third-order valence-corrected chi connectivity index (χ3v) is 6.77. The van der Waals surface area contributed by atoms with Crippen LogP contribution < -0.4 is 15.4 Å². The zero-order chi connectivity index (χ0) is 22.1. The first-order chi connectivity index (χ1) is 14.8. The van der Waals surface area contributed by atoms with E-state index in [-0.39, 0.29) is 24.3 Å². The van der Waals surface area contributed by atoms with Gasteiger partial charge in [0.1, 0.15) is 5.82 Å². The maximum atomic E-state index is 12.8. The Hall–Kier alpha value is -2.16. The topological polar surface area (TPSA) is 76.4 Å². The minimum absolute atomic E-state index is 0.113. The molecule has 0 unspecified atom stereocenters. The molecule has 0 radical (unpaired) electrons. The Morgan fingerprint density at radius 2 is 1.71 bits per heavy atom. The van der Waals surface area contributed by atoms with Crippen LogP contribution in [0.5, 0.6) is 0 Å². The number of aromatic nitrogens is 3. The van der Waals surface area contributed by atoms with Crippen LogP contribution in [0, 0.1) is 0 Å². The first-order valence-corrected chi connectivity index (χ1v) is 11.2. The maximum absolute atomic E-state index is 12.8. The molecule has 4 rings (SSSR count). The summed E-state index contributed by atoms with van der Waals surface area (Å²) in [6.45, 7) is 0. The zero-order valence-corrected chi connectivity index (χ0v) is 19.4. The van der Waals surface area contributed by atoms with Crippen molar-refractivity contribution in [3.8, 4) is 0 Å². The van der Waals surface area contributed by atoms with E-state index in [9.17, 15) is 9.59 Å². The summed E-state index contributed by atoms with van der Waals surface area (Å²) < 4.78 is 1.89. The van der Waals surface area contributed by atoms with Crippen molar-refractivity contribution in [2.24, 2.45) is 0 Å². The van der Waals surface area contributed by atoms with E-state index in [0.29, 0.717) is 41.1 Å². The summed E-state index contributed by atoms with van der Waals surface area (Å²) >= 11 is 25.0. The third-order valence-electron chi connectivity index (χ3n) is 4.34. The molecule has 0 saturated heterocycles. The van der Waals surface area contributed by atoms with Crippen molar-refractivity contribution in [2.45, 2.75) is 12.8 Å². The number of nitrogens with zero attached hydrogens (tertiary/aromatic N) is 3. The van der Waals surface area contributed by atoms with E-state index in [0.717, 1.165) is 5.56 Å². The molecule has 1 N–H and O–H groups in total. The highest BCUT2D eigenvalue weighted by atomic mass is 35.5. The number of thiazole rings is 1. The van der Waals surface area contributed by atoms with E-state index < -0.39 is 0 Å². The molecule has 0 aliphatic carbocycles. The lowest BCUT2D eigenvalue weighted by atomic mass is 10.2. The molecule has 2 heterocycles. The number of carbonyl (C=O) groups excluding carboxylic acids is 1. The number of anilines is 1. The predicted molar refractivity (Wildman–Crippen MR) is 126 cm³/mol. The molecule has 2 aromatic heterocycles. The number of benzene rings is 2. The van der Waals surface area contributed by atoms with Crippen molar-refractivity contribution in [1.29, 1.82) is 0 Å². The number of aryl methyl sites for hydroxylation is 1. The standard InChI is InChI=1S/C20H12Cl4N4O2S/c21-12-3-1-10(7-14(12)23)8-16-19(30)28-17(26-27-20(28)31-16)5-6-18(29)25-11-2-4-13(22)15(24)9-11/h1-4,7-9H,5-6H2,(H,25,29)/b16-8+. The van der Waals surface area contributed by atoms with E-state index >= 15 is 0 Å². The average Bonchev–Trinajstić information content (AvgIpc) is 3.26. The van der Waals surface area contributed by atoms with Crippen LogP contribution in [0.1, 0.15) is 17.8 Å². The molecule has 31 heavy (non-hydrogen) atoms. The van der Waals surface area contributed by atoms with E-state index in [1.807, 2.05) is 0 Å². The van der Waals surface area contributed by atoms with Gasteiger partial charge < -0.3 is 5.32 Å². The number of amides is 1. The summed E-state index contributed by atoms with van der Waals surface area (Å²) in [5.41, 5.74) is 1.02. The molecule has 0 atom stereocenters. The molecule has 0 aliphatic heterocycles. The van der Waals surface area contributed by atoms with Crippen molar-refractivity contribution in [1.82, 2.24) is 14.6 Å². The molecule has 158 valence electrons. The molecule has 0 fully saturated rings. The van der Waals surface area contributed by atoms with Gasteiger partial charge in [-0.1, -0.05) is 63.8 Å². The monoisotopic (exact) mass is 512 g/mol. The van der Waals surface area contributed by atoms with Gasteiger partial charge in [-0.3, -0.25) is 9.59 Å². The SMILES string of the molecule is O=C(CCc1nnc2s/c(=C/c3ccc(Cl)c(Cl)c3)c(=O)n12)Nc1ccc(Cl)c(Cl)c1. The Morgan fingerprint density at radius 1 is 1.00 bits per heavy atom. The van der Waals surface area contributed by atoms with Gasteiger partial charge in [-0.05, 0) is 42.0 Å². The van der Waals surface area contributed by atoms with Crippen LogP contribution in [0.15, 0.2) is 41.2 Å². The van der Waals surface area contributed by atoms with E-state index in [1.165, 1.54) is 15.7 Å². The van der Waals surface area contributed by atoms with Gasteiger partial charge in [0, 0.05) is 18.5 Å². The first kappa shape index (κ1) is 22.0. The number of nitrogens with one attached hydrogen (secondary N) is 1. The van der Waals surface area contributed by atoms with Crippen LogP contribution in [0.25, 0.3) is 11.0 Å². The molecule has 2 aromatic carbocycles. The smallest absolute Gasteiger partial charge is 0.275 e. The second-order valence-corrected chi connectivity index (χ2v) is 9.14. The average molecular weight is 514 g/mol. The van der Waals surface area contributed by atoms with Crippen LogP contribution in [0.2, 0.25) is 20.1 Å². The molecular formula is C20H12Cl4N4O2S. The second-order valence-electron chi connectivity index (χ2n) is 6.50. The van der Waals surface area contributed by atoms with Crippen molar-refractivity contribution in [3.63, 3.8) is 0 Å². The van der Waals surface area contributed by atoms with Gasteiger partial charge in [0.25, 0.3) is 5.56 Å². The van der Waals surface area contributed by atoms with Crippen molar-refractivity contribution in [3.05, 3.63) is 82.8 Å². The molecule has 1 amide bonds. The lowest BCUT2D eigenvalue weighted by molar-refractivity contribution is -0.116. The van der Waals surface area contributed by atoms with Gasteiger partial charge in [-0.15, -0.1) is 10.2 Å². The molecule has 6 nitrogen and oxygen atoms in total. The summed E-state index contributed by atoms with van der Waals surface area (Å²) in [6, 6.07) is 9.93. The Morgan fingerprint density at radius 3 is 2.42 bits per heavy atom. The number of halogens is 4. The lowest BCUT2D eigenvalue weighted by Gasteiger charge is -2.05. The molecule has 0 spiro atoms. The second kappa shape index (κ2) is 9.14. The minimum Gasteiger partial charge on any atom is -0.326 e. The quantitative estimate of drug-likeness (QED) is 0.412. The van der Waals surface area contributed by atoms with E-state index in [1.54, 1.807) is 42.5 Å². The van der Waals surface area contributed by atoms with Crippen LogP contribution in [-0.4, -0.2) is 20.5 Å². The number of rotatable bonds is 5. The number of hydrogen-bond acceptors (Lipinski definition) is 5. The first-order valence-electron chi connectivity index (χ1n) is 8.90. The Balaban J connectivity index is 1.53. The van der Waals surface area contributed by atoms with Crippen LogP contribution >= 0.6 is 57.7 Å². The summed E-state index contributed by atoms with van der Waals surface area (Å²) in [7, 11) is 0. The fourth-order valence-corrected chi connectivity index (χ4v) is 4.39. The highest BCUT2D eigenvalue weighted by Crippen LogP contribution is 2.25. The summed E-state index contributed by atoms with van der Waals surface area (Å²) in [5, 5.41) is 12.4. The van der Waals surface area contributed by atoms with E-state index in [2.05, 4.69) is 15.5 Å².